The first kappa shape index (κ1) is 21.4. The lowest BCUT2D eigenvalue weighted by molar-refractivity contribution is -0.137. The second kappa shape index (κ2) is 15.8. The number of hydrogen-bond acceptors (Lipinski definition) is 4. The molecular weight excluding hydrogens is 320 g/mol. The van der Waals surface area contributed by atoms with Crippen molar-refractivity contribution >= 4 is 5.97 Å². The third kappa shape index (κ3) is 15.6. The highest BCUT2D eigenvalue weighted by Crippen LogP contribution is 2.07. The van der Waals surface area contributed by atoms with Crippen molar-refractivity contribution in [2.45, 2.75) is 70.2 Å². The number of aliphatic hydroxyl groups is 3. The number of carboxylic acid groups (broad SMARTS) is 1. The first-order chi connectivity index (χ1) is 12.3. The minimum Gasteiger partial charge on any atom is -0.481 e. The Morgan fingerprint density at radius 1 is 0.920 bits per heavy atom. The fraction of sp³-hybridized carbons (Fsp3) is 0.550. The number of carbonyl (C=O) groups is 1. The van der Waals surface area contributed by atoms with Crippen molar-refractivity contribution in [2.75, 3.05) is 0 Å². The third-order valence-corrected chi connectivity index (χ3v) is 3.47. The van der Waals surface area contributed by atoms with E-state index in [1.165, 1.54) is 18.2 Å². The van der Waals surface area contributed by atoms with Gasteiger partial charge in [-0.1, -0.05) is 74.8 Å². The highest BCUT2D eigenvalue weighted by molar-refractivity contribution is 5.66. The molecule has 5 heteroatoms. The Morgan fingerprint density at radius 2 is 1.52 bits per heavy atom. The van der Waals surface area contributed by atoms with Crippen molar-refractivity contribution in [3.63, 3.8) is 0 Å². The van der Waals surface area contributed by atoms with Crippen molar-refractivity contribution in [1.29, 1.82) is 0 Å². The quantitative estimate of drug-likeness (QED) is 0.284. The molecule has 5 nitrogen and oxygen atoms in total. The molecule has 0 aliphatic rings. The summed E-state index contributed by atoms with van der Waals surface area (Å²) in [6, 6.07) is 0. The molecule has 0 aromatic carbocycles. The summed E-state index contributed by atoms with van der Waals surface area (Å²) in [5, 5.41) is 37.8. The Balaban J connectivity index is 4.13. The molecule has 0 aliphatic heterocycles. The summed E-state index contributed by atoms with van der Waals surface area (Å²) < 4.78 is 7.63. The van der Waals surface area contributed by atoms with Gasteiger partial charge in [-0.05, 0) is 19.3 Å². The molecule has 0 aromatic rings. The van der Waals surface area contributed by atoms with Gasteiger partial charge in [0.2, 0.25) is 0 Å². The lowest BCUT2D eigenvalue weighted by atomic mass is 10.1. The maximum atomic E-state index is 10.4. The van der Waals surface area contributed by atoms with E-state index in [-0.39, 0.29) is 19.3 Å². The molecule has 0 unspecified atom stereocenters. The van der Waals surface area contributed by atoms with Crippen LogP contribution in [-0.4, -0.2) is 44.7 Å². The number of carboxylic acids is 1. The molecule has 0 rings (SSSR count). The zero-order valence-corrected chi connectivity index (χ0v) is 14.9. The van der Waals surface area contributed by atoms with Gasteiger partial charge in [-0.2, -0.15) is 0 Å². The summed E-state index contributed by atoms with van der Waals surface area (Å²) >= 11 is 0. The molecule has 3 atom stereocenters. The summed E-state index contributed by atoms with van der Waals surface area (Å²) in [4.78, 5) is 10.4. The Labute approximate surface area is 152 Å². The van der Waals surface area contributed by atoms with Crippen LogP contribution in [0.3, 0.4) is 0 Å². The molecule has 0 saturated carbocycles. The van der Waals surface area contributed by atoms with Gasteiger partial charge in [0, 0.05) is 6.42 Å². The van der Waals surface area contributed by atoms with Crippen LogP contribution in [0.2, 0.25) is 0 Å². The van der Waals surface area contributed by atoms with Crippen molar-refractivity contribution in [3.8, 4) is 0 Å². The van der Waals surface area contributed by atoms with Crippen LogP contribution in [-0.2, 0) is 4.79 Å². The number of rotatable bonds is 14. The van der Waals surface area contributed by atoms with Crippen LogP contribution in [0, 0.1) is 0 Å². The second-order valence-electron chi connectivity index (χ2n) is 5.81. The Morgan fingerprint density at radius 3 is 2.12 bits per heavy atom. The monoisotopic (exact) mass is 353 g/mol. The average molecular weight is 353 g/mol. The number of aliphatic carboxylic acids is 1. The molecule has 142 valence electrons. The highest BCUT2D eigenvalue weighted by atomic mass is 16.4. The number of hydrogen-bond donors (Lipinski definition) is 4. The second-order valence-corrected chi connectivity index (χ2v) is 5.81. The number of unbranched alkanes of at least 4 members (excludes halogenated alkanes) is 2. The Hall–Kier alpha value is -1.69. The zero-order valence-electron chi connectivity index (χ0n) is 15.9. The summed E-state index contributed by atoms with van der Waals surface area (Å²) in [5.41, 5.74) is 0. The van der Waals surface area contributed by atoms with Crippen LogP contribution >= 0.6 is 0 Å². The van der Waals surface area contributed by atoms with Gasteiger partial charge in [-0.15, -0.1) is 0 Å². The van der Waals surface area contributed by atoms with Crippen molar-refractivity contribution in [2.24, 2.45) is 0 Å². The normalized spacial score (nSPS) is 18.2. The van der Waals surface area contributed by atoms with E-state index in [4.69, 9.17) is 6.48 Å². The van der Waals surface area contributed by atoms with Gasteiger partial charge in [0.25, 0.3) is 0 Å². The first-order valence-electron chi connectivity index (χ1n) is 9.28. The highest BCUT2D eigenvalue weighted by Gasteiger charge is 2.11. The van der Waals surface area contributed by atoms with Gasteiger partial charge < -0.3 is 20.4 Å². The van der Waals surface area contributed by atoms with Gasteiger partial charge in [0.15, 0.2) is 0 Å². The van der Waals surface area contributed by atoms with Gasteiger partial charge in [0.05, 0.1) is 19.7 Å². The van der Waals surface area contributed by atoms with E-state index in [1.807, 2.05) is 0 Å². The van der Waals surface area contributed by atoms with Crippen LogP contribution in [0.4, 0.5) is 0 Å². The maximum Gasteiger partial charge on any atom is 0.303 e. The minimum absolute atomic E-state index is 0.0562. The van der Waals surface area contributed by atoms with Crippen molar-refractivity contribution in [1.82, 2.24) is 0 Å². The predicted molar refractivity (Wildman–Crippen MR) is 100 cm³/mol. The van der Waals surface area contributed by atoms with Crippen LogP contribution in [0.15, 0.2) is 48.6 Å². The third-order valence-electron chi connectivity index (χ3n) is 3.47. The predicted octanol–water partition coefficient (Wildman–Crippen LogP) is 3.13. The first-order valence-corrected chi connectivity index (χ1v) is 8.78. The largest absolute Gasteiger partial charge is 0.481 e. The number of aliphatic hydroxyl groups excluding tert-OH is 2. The summed E-state index contributed by atoms with van der Waals surface area (Å²) in [6.45, 7) is 2.08. The molecule has 0 aromatic heterocycles. The summed E-state index contributed by atoms with van der Waals surface area (Å²) in [7, 11) is 0. The molecule has 0 radical (unpaired) electrons. The van der Waals surface area contributed by atoms with E-state index < -0.39 is 24.3 Å². The van der Waals surface area contributed by atoms with Crippen molar-refractivity contribution < 1.29 is 26.6 Å². The standard InChI is InChI=1S/C20H32O5/c1-2-3-8-14-18(22)19(23)15-10-7-5-4-6-9-12-17(21)13-11-16-20(24)25/h4-7,9-10,12,15,17-19,21-23H,2-3,8,11,13-14,16H2,1H3,(H,24,25)/b6-4-,7-5+,12-9+,15-10+/t17-,18+,19-/m1/s1/i17D. The molecule has 0 saturated heterocycles. The average Bonchev–Trinajstić information content (AvgIpc) is 2.56. The molecule has 0 spiro atoms. The van der Waals surface area contributed by atoms with Crippen LogP contribution in [0.1, 0.15) is 53.2 Å². The van der Waals surface area contributed by atoms with Gasteiger partial charge in [-0.25, -0.2) is 0 Å². The smallest absolute Gasteiger partial charge is 0.303 e. The van der Waals surface area contributed by atoms with E-state index in [9.17, 15) is 20.1 Å². The van der Waals surface area contributed by atoms with E-state index in [0.717, 1.165) is 19.3 Å². The molecule has 0 heterocycles. The number of allylic oxidation sites excluding steroid dienone is 6. The molecule has 0 bridgehead atoms. The Kier molecular flexibility index (Phi) is 13.5. The molecular formula is C20H32O5. The van der Waals surface area contributed by atoms with Gasteiger partial charge in [-0.3, -0.25) is 4.79 Å². The molecule has 0 aliphatic carbocycles. The lowest BCUT2D eigenvalue weighted by Gasteiger charge is -2.13. The zero-order chi connectivity index (χ0) is 19.8. The van der Waals surface area contributed by atoms with Crippen LogP contribution < -0.4 is 0 Å². The van der Waals surface area contributed by atoms with E-state index in [0.29, 0.717) is 6.42 Å². The summed E-state index contributed by atoms with van der Waals surface area (Å²) in [6.07, 6.45) is 13.1. The fourth-order valence-electron chi connectivity index (χ4n) is 2.01. The Bertz CT molecular complexity index is 494. The van der Waals surface area contributed by atoms with Gasteiger partial charge >= 0.3 is 5.97 Å². The van der Waals surface area contributed by atoms with E-state index in [1.54, 1.807) is 30.4 Å². The molecule has 0 amide bonds. The lowest BCUT2D eigenvalue weighted by Crippen LogP contribution is -2.23. The minimum atomic E-state index is -1.78. The van der Waals surface area contributed by atoms with E-state index >= 15 is 0 Å². The van der Waals surface area contributed by atoms with Gasteiger partial charge in [0.1, 0.15) is 0 Å². The van der Waals surface area contributed by atoms with Crippen molar-refractivity contribution in [3.05, 3.63) is 48.6 Å². The fourth-order valence-corrected chi connectivity index (χ4v) is 2.01. The SMILES string of the molecule is [2H][C@@](O)(/C=C/C=C\C=C\C=C\[C@@H](O)[C@@H](O)CCCCC)CCCC(=O)O. The molecule has 0 fully saturated rings. The van der Waals surface area contributed by atoms with Crippen LogP contribution in [0.5, 0.6) is 0 Å². The molecule has 4 N–H and O–H groups in total. The molecule has 25 heavy (non-hydrogen) atoms. The summed E-state index contributed by atoms with van der Waals surface area (Å²) in [5.74, 6) is -0.943. The van der Waals surface area contributed by atoms with Crippen LogP contribution in [0.25, 0.3) is 0 Å². The topological polar surface area (TPSA) is 98.0 Å². The maximum absolute atomic E-state index is 10.4. The van der Waals surface area contributed by atoms with E-state index in [2.05, 4.69) is 6.92 Å².